The lowest BCUT2D eigenvalue weighted by molar-refractivity contribution is 0.669. The molecule has 0 saturated heterocycles. The van der Waals surface area contributed by atoms with E-state index in [0.29, 0.717) is 0 Å². The lowest BCUT2D eigenvalue weighted by Gasteiger charge is -2.34. The maximum Gasteiger partial charge on any atom is 0.135 e. The van der Waals surface area contributed by atoms with Crippen LogP contribution in [0.3, 0.4) is 0 Å². The van der Waals surface area contributed by atoms with Gasteiger partial charge in [0.05, 0.1) is 5.41 Å². The van der Waals surface area contributed by atoms with Crippen molar-refractivity contribution in [2.24, 2.45) is 0 Å². The smallest absolute Gasteiger partial charge is 0.135 e. The highest BCUT2D eigenvalue weighted by Crippen LogP contribution is 2.57. The minimum atomic E-state index is -0.486. The van der Waals surface area contributed by atoms with Gasteiger partial charge in [0, 0.05) is 10.8 Å². The molecule has 0 atom stereocenters. The molecule has 0 amide bonds. The van der Waals surface area contributed by atoms with Crippen molar-refractivity contribution in [3.63, 3.8) is 0 Å². The van der Waals surface area contributed by atoms with E-state index in [1.165, 1.54) is 77.5 Å². The monoisotopic (exact) mass is 864 g/mol. The summed E-state index contributed by atoms with van der Waals surface area (Å²) in [5.41, 5.74) is 20.8. The first-order valence-electron chi connectivity index (χ1n) is 23.5. The van der Waals surface area contributed by atoms with Crippen molar-refractivity contribution in [3.05, 3.63) is 300 Å². The summed E-state index contributed by atoms with van der Waals surface area (Å²) in [6, 6.07) is 95.4. The van der Waals surface area contributed by atoms with Crippen molar-refractivity contribution in [3.8, 4) is 44.5 Å². The van der Waals surface area contributed by atoms with Gasteiger partial charge in [0.15, 0.2) is 0 Å². The molecule has 1 aliphatic carbocycles. The Morgan fingerprint density at radius 1 is 0.324 bits per heavy atom. The molecule has 11 aromatic carbocycles. The molecule has 1 heterocycles. The molecule has 68 heavy (non-hydrogen) atoms. The summed E-state index contributed by atoms with van der Waals surface area (Å²) in [5, 5.41) is 4.70. The lowest BCUT2D eigenvalue weighted by atomic mass is 9.67. The molecule has 0 bridgehead atoms. The van der Waals surface area contributed by atoms with Crippen molar-refractivity contribution in [2.45, 2.75) is 5.41 Å². The second kappa shape index (κ2) is 16.3. The molecule has 0 spiro atoms. The Kier molecular flexibility index (Phi) is 9.47. The van der Waals surface area contributed by atoms with E-state index < -0.39 is 5.41 Å². The van der Waals surface area contributed by atoms with Crippen LogP contribution in [0.2, 0.25) is 0 Å². The van der Waals surface area contributed by atoms with Crippen LogP contribution in [0.5, 0.6) is 0 Å². The molecule has 0 radical (unpaired) electrons. The number of hydrogen-bond acceptors (Lipinski definition) is 1. The molecule has 318 valence electrons. The third kappa shape index (κ3) is 6.47. The zero-order valence-electron chi connectivity index (χ0n) is 37.3. The van der Waals surface area contributed by atoms with E-state index >= 15 is 0 Å². The van der Waals surface area contributed by atoms with Gasteiger partial charge in [-0.3, -0.25) is 0 Å². The van der Waals surface area contributed by atoms with Gasteiger partial charge in [0.1, 0.15) is 11.2 Å². The first-order valence-corrected chi connectivity index (χ1v) is 23.5. The second-order valence-electron chi connectivity index (χ2n) is 17.9. The maximum absolute atomic E-state index is 6.16. The minimum absolute atomic E-state index is 0.486. The molecule has 1 aromatic heterocycles. The summed E-state index contributed by atoms with van der Waals surface area (Å²) in [7, 11) is 0. The number of rotatable bonds is 8. The normalized spacial score (nSPS) is 12.9. The van der Waals surface area contributed by atoms with Gasteiger partial charge >= 0.3 is 0 Å². The highest BCUT2D eigenvalue weighted by Gasteiger charge is 2.46. The van der Waals surface area contributed by atoms with E-state index in [4.69, 9.17) is 4.42 Å². The van der Waals surface area contributed by atoms with Crippen LogP contribution in [0.1, 0.15) is 38.9 Å². The molecule has 1 aliphatic rings. The van der Waals surface area contributed by atoms with Crippen LogP contribution in [0.15, 0.2) is 265 Å². The summed E-state index contributed by atoms with van der Waals surface area (Å²) < 4.78 is 6.16. The van der Waals surface area contributed by atoms with E-state index in [1.54, 1.807) is 0 Å². The predicted octanol–water partition coefficient (Wildman–Crippen LogP) is 17.7. The zero-order chi connectivity index (χ0) is 45.0. The largest absolute Gasteiger partial charge is 0.456 e. The van der Waals surface area contributed by atoms with E-state index in [2.05, 4.69) is 255 Å². The highest BCUT2D eigenvalue weighted by atomic mass is 16.3. The van der Waals surface area contributed by atoms with Crippen LogP contribution in [0.25, 0.3) is 88.9 Å². The van der Waals surface area contributed by atoms with Gasteiger partial charge < -0.3 is 4.42 Å². The van der Waals surface area contributed by atoms with E-state index in [9.17, 15) is 0 Å². The summed E-state index contributed by atoms with van der Waals surface area (Å²) in [6.45, 7) is 0. The molecular weight excluding hydrogens is 821 g/mol. The Hall–Kier alpha value is -8.78. The average molecular weight is 865 g/mol. The maximum atomic E-state index is 6.16. The molecule has 13 rings (SSSR count). The fourth-order valence-corrected chi connectivity index (χ4v) is 11.1. The van der Waals surface area contributed by atoms with Gasteiger partial charge in [-0.1, -0.05) is 231 Å². The number of furan rings is 1. The van der Waals surface area contributed by atoms with Crippen molar-refractivity contribution in [1.29, 1.82) is 0 Å². The Morgan fingerprint density at radius 3 is 1.56 bits per heavy atom. The molecule has 1 heteroatoms. The zero-order valence-corrected chi connectivity index (χ0v) is 37.3. The number of benzene rings is 11. The topological polar surface area (TPSA) is 13.1 Å². The fraction of sp³-hybridized carbons (Fsp3) is 0.0149. The molecule has 0 fully saturated rings. The van der Waals surface area contributed by atoms with E-state index in [-0.39, 0.29) is 0 Å². The lowest BCUT2D eigenvalue weighted by Crippen LogP contribution is -2.28. The number of para-hydroxylation sites is 1. The van der Waals surface area contributed by atoms with E-state index in [0.717, 1.165) is 44.2 Å². The van der Waals surface area contributed by atoms with Gasteiger partial charge in [-0.15, -0.1) is 0 Å². The van der Waals surface area contributed by atoms with Crippen LogP contribution in [-0.2, 0) is 5.41 Å². The summed E-state index contributed by atoms with van der Waals surface area (Å²) in [4.78, 5) is 0. The molecule has 1 nitrogen and oxygen atoms in total. The van der Waals surface area contributed by atoms with Gasteiger partial charge in [0.25, 0.3) is 0 Å². The summed E-state index contributed by atoms with van der Waals surface area (Å²) >= 11 is 0. The van der Waals surface area contributed by atoms with Crippen LogP contribution >= 0.6 is 0 Å². The first-order chi connectivity index (χ1) is 33.7. The van der Waals surface area contributed by atoms with Crippen molar-refractivity contribution < 1.29 is 4.42 Å². The third-order valence-electron chi connectivity index (χ3n) is 14.2. The Bertz CT molecular complexity index is 3820. The average Bonchev–Trinajstić information content (AvgIpc) is 3.94. The molecule has 0 saturated carbocycles. The molecular formula is C67H44O. The van der Waals surface area contributed by atoms with Crippen LogP contribution in [0.4, 0.5) is 0 Å². The van der Waals surface area contributed by atoms with Gasteiger partial charge in [-0.25, -0.2) is 0 Å². The van der Waals surface area contributed by atoms with Crippen LogP contribution in [-0.4, -0.2) is 0 Å². The van der Waals surface area contributed by atoms with Gasteiger partial charge in [0.2, 0.25) is 0 Å². The Labute approximate surface area is 396 Å². The molecule has 0 unspecified atom stereocenters. The summed E-state index contributed by atoms with van der Waals surface area (Å²) in [5.74, 6) is 0. The fourth-order valence-electron chi connectivity index (χ4n) is 11.1. The van der Waals surface area contributed by atoms with Crippen molar-refractivity contribution in [1.82, 2.24) is 0 Å². The number of hydrogen-bond donors (Lipinski definition) is 0. The van der Waals surface area contributed by atoms with Crippen molar-refractivity contribution in [2.75, 3.05) is 0 Å². The molecule has 12 aromatic rings. The number of fused-ring (bicyclic) bond motifs is 7. The van der Waals surface area contributed by atoms with E-state index in [1.807, 2.05) is 12.1 Å². The SMILES string of the molecule is C(=C(c1ccc(-c2ccc3oc4ccccc4c3c2)cc1)c1cccc2c(-c3ccc4c(c3)-c3cc(-c5ccccc5)ccc3C4(c3ccccc3)c3ccccc3)cccc12)c1ccccc1. The quantitative estimate of drug-likeness (QED) is 0.139. The van der Waals surface area contributed by atoms with Crippen LogP contribution in [0, 0.1) is 0 Å². The third-order valence-corrected chi connectivity index (χ3v) is 14.2. The molecule has 0 N–H and O–H groups in total. The second-order valence-corrected chi connectivity index (χ2v) is 17.9. The van der Waals surface area contributed by atoms with Gasteiger partial charge in [-0.05, 0) is 136 Å². The molecule has 0 aliphatic heterocycles. The minimum Gasteiger partial charge on any atom is -0.456 e. The summed E-state index contributed by atoms with van der Waals surface area (Å²) in [6.07, 6.45) is 2.34. The predicted molar refractivity (Wildman–Crippen MR) is 285 cm³/mol. The van der Waals surface area contributed by atoms with Crippen molar-refractivity contribution >= 4 is 44.4 Å². The highest BCUT2D eigenvalue weighted by molar-refractivity contribution is 6.08. The Balaban J connectivity index is 0.961. The van der Waals surface area contributed by atoms with Crippen LogP contribution < -0.4 is 0 Å². The van der Waals surface area contributed by atoms with Gasteiger partial charge in [-0.2, -0.15) is 0 Å². The standard InChI is InChI=1S/C67H44O/c1-5-17-45(18-6-1)41-59(48-33-31-47(32-34-48)50-37-40-66-62(43-50)58-25-13-14-30-65(58)68-66)57-29-16-27-55-54(26-15-28-56(55)57)51-36-39-64-61(44-51)60-42-49(46-19-7-2-8-20-46)35-38-63(60)67(64,52-21-9-3-10-22-52)53-23-11-4-12-24-53/h1-44H. The first kappa shape index (κ1) is 39.6. The Morgan fingerprint density at radius 2 is 0.838 bits per heavy atom.